The number of halogens is 1. The second-order valence-corrected chi connectivity index (χ2v) is 9.63. The lowest BCUT2D eigenvalue weighted by atomic mass is 9.99. The van der Waals surface area contributed by atoms with E-state index >= 15 is 0 Å². The fourth-order valence-electron chi connectivity index (χ4n) is 4.07. The first-order valence-electron chi connectivity index (χ1n) is 10.6. The topological polar surface area (TPSA) is 71.5 Å². The Morgan fingerprint density at radius 3 is 2.59 bits per heavy atom. The van der Waals surface area contributed by atoms with Crippen molar-refractivity contribution < 1.29 is 14.3 Å². The molecule has 2 aromatic heterocycles. The van der Waals surface area contributed by atoms with Crippen molar-refractivity contribution in [2.75, 3.05) is 25.5 Å². The van der Waals surface area contributed by atoms with Gasteiger partial charge in [0.1, 0.15) is 15.5 Å². The van der Waals surface area contributed by atoms with Crippen LogP contribution in [0.15, 0.2) is 24.3 Å². The van der Waals surface area contributed by atoms with Crippen LogP contribution in [0.2, 0.25) is 5.02 Å². The van der Waals surface area contributed by atoms with Crippen molar-refractivity contribution in [3.8, 4) is 5.75 Å². The number of carbonyl (C=O) groups is 2. The molecule has 2 amide bonds. The first kappa shape index (κ1) is 22.6. The van der Waals surface area contributed by atoms with Crippen LogP contribution >= 0.6 is 22.9 Å². The molecule has 32 heavy (non-hydrogen) atoms. The molecule has 168 valence electrons. The Kier molecular flexibility index (Phi) is 6.40. The van der Waals surface area contributed by atoms with Crippen LogP contribution in [0.5, 0.6) is 5.75 Å². The quantitative estimate of drug-likeness (QED) is 0.529. The number of ether oxygens (including phenoxy) is 1. The third kappa shape index (κ3) is 4.07. The van der Waals surface area contributed by atoms with E-state index in [0.717, 1.165) is 18.4 Å². The zero-order chi connectivity index (χ0) is 23.0. The van der Waals surface area contributed by atoms with Crippen LogP contribution in [0.4, 0.5) is 5.69 Å². The second kappa shape index (κ2) is 9.08. The van der Waals surface area contributed by atoms with E-state index in [2.05, 4.69) is 17.2 Å². The van der Waals surface area contributed by atoms with Crippen molar-refractivity contribution >= 4 is 50.7 Å². The van der Waals surface area contributed by atoms with E-state index in [1.807, 2.05) is 18.7 Å². The number of pyridine rings is 1. The maximum atomic E-state index is 13.5. The predicted molar refractivity (Wildman–Crippen MR) is 129 cm³/mol. The Morgan fingerprint density at radius 2 is 1.91 bits per heavy atom. The molecule has 3 aromatic rings. The van der Waals surface area contributed by atoms with Gasteiger partial charge in [-0.2, -0.15) is 0 Å². The number of fused-ring (bicyclic) bond motifs is 1. The first-order chi connectivity index (χ1) is 15.3. The molecule has 0 unspecified atom stereocenters. The van der Waals surface area contributed by atoms with Crippen LogP contribution in [-0.2, 0) is 0 Å². The number of aryl methyl sites for hydroxylation is 2. The number of hydrogen-bond donors (Lipinski definition) is 1. The first-order valence-corrected chi connectivity index (χ1v) is 11.8. The van der Waals surface area contributed by atoms with Gasteiger partial charge in [0, 0.05) is 18.5 Å². The zero-order valence-electron chi connectivity index (χ0n) is 18.6. The minimum absolute atomic E-state index is 0.0802. The number of aromatic nitrogens is 1. The maximum Gasteiger partial charge on any atom is 0.266 e. The average Bonchev–Trinajstić information content (AvgIpc) is 3.15. The number of amides is 2. The van der Waals surface area contributed by atoms with Gasteiger partial charge in [-0.1, -0.05) is 30.7 Å². The van der Waals surface area contributed by atoms with Crippen molar-refractivity contribution in [3.05, 3.63) is 51.0 Å². The van der Waals surface area contributed by atoms with E-state index in [-0.39, 0.29) is 11.8 Å². The lowest BCUT2D eigenvalue weighted by molar-refractivity contribution is 0.0703. The molecule has 1 N–H and O–H groups in total. The summed E-state index contributed by atoms with van der Waals surface area (Å²) < 4.78 is 5.35. The van der Waals surface area contributed by atoms with Gasteiger partial charge < -0.3 is 15.0 Å². The van der Waals surface area contributed by atoms with Gasteiger partial charge in [0.25, 0.3) is 11.8 Å². The predicted octanol–water partition coefficient (Wildman–Crippen LogP) is 5.70. The largest absolute Gasteiger partial charge is 0.496 e. The number of rotatable bonds is 4. The Morgan fingerprint density at radius 1 is 1.22 bits per heavy atom. The molecule has 0 radical (unpaired) electrons. The van der Waals surface area contributed by atoms with E-state index in [9.17, 15) is 9.59 Å². The lowest BCUT2D eigenvalue weighted by Gasteiger charge is -2.30. The van der Waals surface area contributed by atoms with Crippen LogP contribution in [0.3, 0.4) is 0 Å². The Labute approximate surface area is 196 Å². The summed E-state index contributed by atoms with van der Waals surface area (Å²) in [6.45, 7) is 7.36. The van der Waals surface area contributed by atoms with Crippen LogP contribution in [0.1, 0.15) is 51.1 Å². The molecule has 4 rings (SSSR count). The highest BCUT2D eigenvalue weighted by molar-refractivity contribution is 7.21. The molecule has 0 spiro atoms. The molecule has 6 nitrogen and oxygen atoms in total. The summed E-state index contributed by atoms with van der Waals surface area (Å²) in [5.41, 5.74) is 2.36. The number of nitrogens with one attached hydrogen (secondary N) is 1. The summed E-state index contributed by atoms with van der Waals surface area (Å²) in [4.78, 5) is 34.4. The van der Waals surface area contributed by atoms with Crippen LogP contribution in [0, 0.1) is 19.8 Å². The molecule has 3 heterocycles. The summed E-state index contributed by atoms with van der Waals surface area (Å²) in [6, 6.07) is 7.00. The summed E-state index contributed by atoms with van der Waals surface area (Å²) in [5.74, 6) is 0.644. The highest BCUT2D eigenvalue weighted by Gasteiger charge is 2.29. The van der Waals surface area contributed by atoms with Gasteiger partial charge in [0.2, 0.25) is 0 Å². The van der Waals surface area contributed by atoms with Gasteiger partial charge in [0.15, 0.2) is 0 Å². The number of anilines is 1. The number of piperidine rings is 1. The normalized spacial score (nSPS) is 14.6. The average molecular weight is 472 g/mol. The third-order valence-electron chi connectivity index (χ3n) is 6.04. The van der Waals surface area contributed by atoms with Gasteiger partial charge in [-0.15, -0.1) is 11.3 Å². The molecule has 1 fully saturated rings. The second-order valence-electron chi connectivity index (χ2n) is 8.25. The number of carbonyl (C=O) groups excluding carboxylic acids is 2. The fourth-order valence-corrected chi connectivity index (χ4v) is 5.41. The van der Waals surface area contributed by atoms with Crippen LogP contribution < -0.4 is 10.1 Å². The Balaban J connectivity index is 1.81. The SMILES string of the molecule is COc1ccccc1C(=O)Nc1c(C(=O)N2CCC(C)CC2)sc2nc(C)c(Cl)c(C)c12. The van der Waals surface area contributed by atoms with Gasteiger partial charge >= 0.3 is 0 Å². The minimum atomic E-state index is -0.348. The number of benzene rings is 1. The standard InChI is InChI=1S/C24H26ClN3O3S/c1-13-9-11-28(12-10-13)24(30)21-20(18-14(2)19(25)15(3)26-23(18)32-21)27-22(29)16-7-5-6-8-17(16)31-4/h5-8,13H,9-12H2,1-4H3,(H,27,29). The van der Waals surface area contributed by atoms with Crippen molar-refractivity contribution in [2.24, 2.45) is 5.92 Å². The van der Waals surface area contributed by atoms with Gasteiger partial charge in [0.05, 0.1) is 29.1 Å². The summed E-state index contributed by atoms with van der Waals surface area (Å²) >= 11 is 7.80. The molecular weight excluding hydrogens is 446 g/mol. The summed E-state index contributed by atoms with van der Waals surface area (Å²) in [6.07, 6.45) is 1.95. The lowest BCUT2D eigenvalue weighted by Crippen LogP contribution is -2.37. The number of hydrogen-bond acceptors (Lipinski definition) is 5. The fraction of sp³-hybridized carbons (Fsp3) is 0.375. The van der Waals surface area contributed by atoms with E-state index in [4.69, 9.17) is 16.3 Å². The number of para-hydroxylation sites is 1. The van der Waals surface area contributed by atoms with E-state index in [1.165, 1.54) is 18.4 Å². The summed E-state index contributed by atoms with van der Waals surface area (Å²) in [5, 5.41) is 4.23. The molecule has 0 atom stereocenters. The van der Waals surface area contributed by atoms with E-state index < -0.39 is 0 Å². The van der Waals surface area contributed by atoms with Gasteiger partial charge in [-0.3, -0.25) is 9.59 Å². The van der Waals surface area contributed by atoms with Crippen molar-refractivity contribution in [1.82, 2.24) is 9.88 Å². The maximum absolute atomic E-state index is 13.5. The Bertz CT molecular complexity index is 1200. The van der Waals surface area contributed by atoms with E-state index in [0.29, 0.717) is 61.8 Å². The molecule has 0 bridgehead atoms. The van der Waals surface area contributed by atoms with Gasteiger partial charge in [-0.05, 0) is 50.3 Å². The zero-order valence-corrected chi connectivity index (χ0v) is 20.2. The van der Waals surface area contributed by atoms with Crippen molar-refractivity contribution in [1.29, 1.82) is 0 Å². The highest BCUT2D eigenvalue weighted by atomic mass is 35.5. The van der Waals surface area contributed by atoms with Crippen molar-refractivity contribution in [3.63, 3.8) is 0 Å². The molecule has 1 aromatic carbocycles. The number of nitrogens with zero attached hydrogens (tertiary/aromatic N) is 2. The highest BCUT2D eigenvalue weighted by Crippen LogP contribution is 2.41. The van der Waals surface area contributed by atoms with E-state index in [1.54, 1.807) is 24.3 Å². The van der Waals surface area contributed by atoms with Crippen LogP contribution in [0.25, 0.3) is 10.2 Å². The molecule has 1 aliphatic rings. The molecule has 0 aliphatic carbocycles. The third-order valence-corrected chi connectivity index (χ3v) is 7.66. The van der Waals surface area contributed by atoms with Crippen molar-refractivity contribution in [2.45, 2.75) is 33.6 Å². The molecule has 0 saturated carbocycles. The van der Waals surface area contributed by atoms with Crippen LogP contribution in [-0.4, -0.2) is 41.9 Å². The number of likely N-dealkylation sites (tertiary alicyclic amines) is 1. The van der Waals surface area contributed by atoms with Gasteiger partial charge in [-0.25, -0.2) is 4.98 Å². The number of thiophene rings is 1. The minimum Gasteiger partial charge on any atom is -0.496 e. The molecular formula is C24H26ClN3O3S. The smallest absolute Gasteiger partial charge is 0.266 e. The molecule has 8 heteroatoms. The molecule has 1 aliphatic heterocycles. The number of methoxy groups -OCH3 is 1. The Hall–Kier alpha value is -2.64. The monoisotopic (exact) mass is 471 g/mol. The summed E-state index contributed by atoms with van der Waals surface area (Å²) in [7, 11) is 1.52. The molecule has 1 saturated heterocycles.